The average molecular weight is 686 g/mol. The van der Waals surface area contributed by atoms with E-state index in [1.807, 2.05) is 26.0 Å². The van der Waals surface area contributed by atoms with Gasteiger partial charge in [-0.25, -0.2) is 18.6 Å². The number of nitrogens with one attached hydrogen (secondary N) is 1. The Morgan fingerprint density at radius 2 is 1.53 bits per heavy atom. The number of anilines is 1. The number of esters is 1. The van der Waals surface area contributed by atoms with Crippen LogP contribution in [0.5, 0.6) is 0 Å². The number of pyridine rings is 1. The van der Waals surface area contributed by atoms with Crippen LogP contribution in [0.1, 0.15) is 61.8 Å². The van der Waals surface area contributed by atoms with Gasteiger partial charge in [0.2, 0.25) is 0 Å². The Morgan fingerprint density at radius 1 is 0.918 bits per heavy atom. The van der Waals surface area contributed by atoms with Gasteiger partial charge in [-0.15, -0.1) is 0 Å². The number of carbonyl (C=O) groups excluding carboxylic acids is 1. The second-order valence-electron chi connectivity index (χ2n) is 13.2. The minimum atomic E-state index is -4.00. The van der Waals surface area contributed by atoms with Gasteiger partial charge in [-0.3, -0.25) is 4.72 Å². The predicted octanol–water partition coefficient (Wildman–Crippen LogP) is 7.75. The van der Waals surface area contributed by atoms with Crippen molar-refractivity contribution in [3.8, 4) is 6.07 Å². The van der Waals surface area contributed by atoms with Crippen molar-refractivity contribution in [2.24, 2.45) is 5.41 Å². The van der Waals surface area contributed by atoms with Crippen LogP contribution >= 0.6 is 0 Å². The standard InChI is InChI=1S/C38H37F2N3O5S/c1-37(2,21-28-4-3-5-32(20-28)43-49(46,47)35-15-10-29(24-41)25-42-35)22-33-34(44)23-38(48-36(33)45,18-16-26-6-11-30(39)12-7-26)19-17-27-8-13-31(40)14-9-27/h3-15,20,25,43-44H,16-19,21-23H2,1-2H3. The zero-order valence-corrected chi connectivity index (χ0v) is 28.1. The van der Waals surface area contributed by atoms with E-state index >= 15 is 0 Å². The van der Waals surface area contributed by atoms with E-state index in [2.05, 4.69) is 9.71 Å². The Bertz CT molecular complexity index is 1940. The topological polar surface area (TPSA) is 129 Å². The molecular weight excluding hydrogens is 648 g/mol. The summed E-state index contributed by atoms with van der Waals surface area (Å²) >= 11 is 0. The summed E-state index contributed by atoms with van der Waals surface area (Å²) in [7, 11) is -4.00. The smallest absolute Gasteiger partial charge is 0.337 e. The fourth-order valence-electron chi connectivity index (χ4n) is 6.10. The van der Waals surface area contributed by atoms with E-state index in [9.17, 15) is 27.1 Å². The highest BCUT2D eigenvalue weighted by atomic mass is 32.2. The largest absolute Gasteiger partial charge is 0.512 e. The first-order valence-corrected chi connectivity index (χ1v) is 17.3. The summed E-state index contributed by atoms with van der Waals surface area (Å²) in [6.07, 6.45) is 3.72. The highest BCUT2D eigenvalue weighted by Gasteiger charge is 2.42. The molecule has 11 heteroatoms. The number of hydrogen-bond acceptors (Lipinski definition) is 7. The van der Waals surface area contributed by atoms with Gasteiger partial charge in [0.1, 0.15) is 29.1 Å². The van der Waals surface area contributed by atoms with Gasteiger partial charge in [-0.2, -0.15) is 13.7 Å². The van der Waals surface area contributed by atoms with Gasteiger partial charge in [0.05, 0.1) is 11.1 Å². The van der Waals surface area contributed by atoms with Crippen LogP contribution in [0.4, 0.5) is 14.5 Å². The molecule has 1 aliphatic heterocycles. The molecular formula is C38H37F2N3O5S. The molecule has 254 valence electrons. The van der Waals surface area contributed by atoms with Crippen molar-refractivity contribution in [3.05, 3.63) is 136 Å². The Balaban J connectivity index is 1.30. The van der Waals surface area contributed by atoms with Crippen LogP contribution in [0.3, 0.4) is 0 Å². The summed E-state index contributed by atoms with van der Waals surface area (Å²) < 4.78 is 61.5. The summed E-state index contributed by atoms with van der Waals surface area (Å²) in [5.74, 6) is -1.34. The lowest BCUT2D eigenvalue weighted by Gasteiger charge is -2.39. The number of cyclic esters (lactones) is 1. The Hall–Kier alpha value is -5.08. The molecule has 8 nitrogen and oxygen atoms in total. The van der Waals surface area contributed by atoms with Crippen LogP contribution < -0.4 is 4.72 Å². The number of nitrogens with zero attached hydrogens (tertiary/aromatic N) is 2. The highest BCUT2D eigenvalue weighted by Crippen LogP contribution is 2.41. The average Bonchev–Trinajstić information content (AvgIpc) is 3.06. The number of rotatable bonds is 13. The number of aliphatic hydroxyl groups is 1. The van der Waals surface area contributed by atoms with Crippen LogP contribution in [-0.4, -0.2) is 30.1 Å². The number of sulfonamides is 1. The van der Waals surface area contributed by atoms with Crippen molar-refractivity contribution in [2.45, 2.75) is 69.4 Å². The van der Waals surface area contributed by atoms with Crippen LogP contribution in [0.2, 0.25) is 0 Å². The maximum absolute atomic E-state index is 13.6. The number of halogens is 2. The fourth-order valence-corrected chi connectivity index (χ4v) is 7.08. The van der Waals surface area contributed by atoms with E-state index in [4.69, 9.17) is 10.00 Å². The molecule has 3 aromatic carbocycles. The van der Waals surface area contributed by atoms with Gasteiger partial charge in [0.15, 0.2) is 5.03 Å². The molecule has 0 saturated carbocycles. The summed E-state index contributed by atoms with van der Waals surface area (Å²) in [4.78, 5) is 17.5. The number of aryl methyl sites for hydroxylation is 2. The van der Waals surface area contributed by atoms with Gasteiger partial charge >= 0.3 is 5.97 Å². The molecule has 0 unspecified atom stereocenters. The number of benzene rings is 3. The molecule has 0 saturated heterocycles. The highest BCUT2D eigenvalue weighted by molar-refractivity contribution is 7.92. The summed E-state index contributed by atoms with van der Waals surface area (Å²) in [6.45, 7) is 3.89. The Labute approximate surface area is 285 Å². The molecule has 2 N–H and O–H groups in total. The lowest BCUT2D eigenvalue weighted by Crippen LogP contribution is -2.42. The van der Waals surface area contributed by atoms with E-state index in [0.29, 0.717) is 37.8 Å². The third kappa shape index (κ3) is 9.30. The first-order valence-electron chi connectivity index (χ1n) is 15.9. The molecule has 0 fully saturated rings. The van der Waals surface area contributed by atoms with Gasteiger partial charge in [0.25, 0.3) is 10.0 Å². The number of aliphatic hydroxyl groups excluding tert-OH is 1. The zero-order valence-electron chi connectivity index (χ0n) is 27.2. The molecule has 1 aromatic heterocycles. The molecule has 4 aromatic rings. The second kappa shape index (κ2) is 14.6. The summed E-state index contributed by atoms with van der Waals surface area (Å²) in [6, 6.07) is 23.7. The van der Waals surface area contributed by atoms with Crippen LogP contribution in [-0.2, 0) is 38.8 Å². The minimum Gasteiger partial charge on any atom is -0.512 e. The zero-order chi connectivity index (χ0) is 35.2. The first-order chi connectivity index (χ1) is 23.2. The van der Waals surface area contributed by atoms with Gasteiger partial charge < -0.3 is 9.84 Å². The van der Waals surface area contributed by atoms with Crippen LogP contribution in [0.25, 0.3) is 0 Å². The normalized spacial score (nSPS) is 14.6. The van der Waals surface area contributed by atoms with Crippen molar-refractivity contribution >= 4 is 21.7 Å². The number of aromatic nitrogens is 1. The number of nitriles is 1. The minimum absolute atomic E-state index is 0.0426. The molecule has 0 bridgehead atoms. The fraction of sp³-hybridized carbons (Fsp3) is 0.289. The van der Waals surface area contributed by atoms with Crippen molar-refractivity contribution in [3.63, 3.8) is 0 Å². The number of ether oxygens (including phenoxy) is 1. The maximum atomic E-state index is 13.6. The molecule has 2 heterocycles. The van der Waals surface area contributed by atoms with Gasteiger partial charge in [0, 0.05) is 18.3 Å². The van der Waals surface area contributed by atoms with Crippen molar-refractivity contribution in [1.29, 1.82) is 5.26 Å². The SMILES string of the molecule is CC(C)(CC1=C(O)CC(CCc2ccc(F)cc2)(CCc2ccc(F)cc2)OC1=O)Cc1cccc(NS(=O)(=O)c2ccc(C#N)cn2)c1. The molecule has 0 amide bonds. The molecule has 0 atom stereocenters. The van der Waals surface area contributed by atoms with Crippen molar-refractivity contribution in [1.82, 2.24) is 4.98 Å². The molecule has 1 aliphatic rings. The second-order valence-corrected chi connectivity index (χ2v) is 14.9. The lowest BCUT2D eigenvalue weighted by atomic mass is 9.77. The number of hydrogen-bond donors (Lipinski definition) is 2. The monoisotopic (exact) mass is 685 g/mol. The molecule has 5 rings (SSSR count). The van der Waals surface area contributed by atoms with Crippen molar-refractivity contribution in [2.75, 3.05) is 4.72 Å². The summed E-state index contributed by atoms with van der Waals surface area (Å²) in [5, 5.41) is 20.1. The number of carbonyl (C=O) groups is 1. The maximum Gasteiger partial charge on any atom is 0.337 e. The molecule has 0 aliphatic carbocycles. The van der Waals surface area contributed by atoms with E-state index in [1.165, 1.54) is 42.6 Å². The third-order valence-electron chi connectivity index (χ3n) is 8.62. The first kappa shape index (κ1) is 35.2. The van der Waals surface area contributed by atoms with Crippen LogP contribution in [0, 0.1) is 28.4 Å². The Kier molecular flexibility index (Phi) is 10.5. The van der Waals surface area contributed by atoms with Gasteiger partial charge in [-0.05, 0) is 109 Å². The molecule has 0 spiro atoms. The van der Waals surface area contributed by atoms with E-state index in [-0.39, 0.29) is 46.4 Å². The predicted molar refractivity (Wildman–Crippen MR) is 181 cm³/mol. The van der Waals surface area contributed by atoms with E-state index in [0.717, 1.165) is 16.7 Å². The quantitative estimate of drug-likeness (QED) is 0.138. The van der Waals surface area contributed by atoms with E-state index < -0.39 is 27.0 Å². The van der Waals surface area contributed by atoms with E-state index in [1.54, 1.807) is 42.5 Å². The molecule has 49 heavy (non-hydrogen) atoms. The van der Waals surface area contributed by atoms with Crippen molar-refractivity contribution < 1.29 is 31.8 Å². The van der Waals surface area contributed by atoms with Gasteiger partial charge in [-0.1, -0.05) is 50.2 Å². The van der Waals surface area contributed by atoms with Crippen LogP contribution in [0.15, 0.2) is 107 Å². The summed E-state index contributed by atoms with van der Waals surface area (Å²) in [5.41, 5.74) is 1.72. The molecule has 0 radical (unpaired) electrons. The lowest BCUT2D eigenvalue weighted by molar-refractivity contribution is -0.161. The Morgan fingerprint density at radius 3 is 2.06 bits per heavy atom. The third-order valence-corrected chi connectivity index (χ3v) is 9.91.